The molecule has 1 aromatic carbocycles. The van der Waals surface area contributed by atoms with E-state index in [9.17, 15) is 15.3 Å². The molecular formula is C12H16N2O4. The van der Waals surface area contributed by atoms with E-state index in [2.05, 4.69) is 0 Å². The molecule has 0 bridgehead atoms. The quantitative estimate of drug-likeness (QED) is 0.358. The smallest absolute Gasteiger partial charge is 0.269 e. The molecule has 0 N–H and O–H groups in total. The molecule has 0 saturated carbocycles. The van der Waals surface area contributed by atoms with Crippen molar-refractivity contribution in [3.8, 4) is 0 Å². The Morgan fingerprint density at radius 3 is 2.67 bits per heavy atom. The van der Waals surface area contributed by atoms with Gasteiger partial charge in [0, 0.05) is 24.1 Å². The van der Waals surface area contributed by atoms with Gasteiger partial charge >= 0.3 is 0 Å². The van der Waals surface area contributed by atoms with E-state index < -0.39 is 15.8 Å². The Morgan fingerprint density at radius 2 is 2.11 bits per heavy atom. The van der Waals surface area contributed by atoms with Crippen LogP contribution in [0.1, 0.15) is 25.1 Å². The third kappa shape index (κ3) is 2.35. The summed E-state index contributed by atoms with van der Waals surface area (Å²) in [5.74, 6) is 0. The largest absolute Gasteiger partial charge is 0.631 e. The summed E-state index contributed by atoms with van der Waals surface area (Å²) in [7, 11) is 0. The molecule has 2 unspecified atom stereocenters. The molecule has 6 nitrogen and oxygen atoms in total. The number of hydrogen-bond donors (Lipinski definition) is 0. The summed E-state index contributed by atoms with van der Waals surface area (Å²) < 4.78 is 5.14. The molecule has 1 saturated heterocycles. The second-order valence-electron chi connectivity index (χ2n) is 4.42. The minimum absolute atomic E-state index is 0.0232. The summed E-state index contributed by atoms with van der Waals surface area (Å²) in [5.41, 5.74) is 0.729. The average molecular weight is 252 g/mol. The lowest BCUT2D eigenvalue weighted by Gasteiger charge is -2.50. The summed E-state index contributed by atoms with van der Waals surface area (Å²) in [4.78, 5) is 10.1. The van der Waals surface area contributed by atoms with E-state index in [-0.39, 0.29) is 5.69 Å². The van der Waals surface area contributed by atoms with Gasteiger partial charge in [0.2, 0.25) is 6.23 Å². The number of nitro groups is 1. The van der Waals surface area contributed by atoms with Crippen LogP contribution < -0.4 is 0 Å². The highest BCUT2D eigenvalue weighted by molar-refractivity contribution is 5.33. The lowest BCUT2D eigenvalue weighted by Crippen LogP contribution is -2.50. The number of hydroxylamine groups is 3. The maximum absolute atomic E-state index is 12.5. The summed E-state index contributed by atoms with van der Waals surface area (Å²) in [6.07, 6.45) is 0.186. The third-order valence-corrected chi connectivity index (χ3v) is 3.31. The zero-order valence-electron chi connectivity index (χ0n) is 10.2. The number of hydrogen-bond acceptors (Lipinski definition) is 4. The molecule has 0 amide bonds. The number of rotatable bonds is 3. The van der Waals surface area contributed by atoms with E-state index in [0.29, 0.717) is 25.3 Å². The summed E-state index contributed by atoms with van der Waals surface area (Å²) in [6, 6.07) is 6.03. The molecule has 6 heteroatoms. The highest BCUT2D eigenvalue weighted by Crippen LogP contribution is 2.33. The summed E-state index contributed by atoms with van der Waals surface area (Å²) in [6.45, 7) is 3.35. The molecule has 1 heterocycles. The molecule has 0 aromatic heterocycles. The van der Waals surface area contributed by atoms with Crippen molar-refractivity contribution in [3.63, 3.8) is 0 Å². The molecule has 18 heavy (non-hydrogen) atoms. The zero-order chi connectivity index (χ0) is 13.2. The van der Waals surface area contributed by atoms with Crippen molar-refractivity contribution in [2.45, 2.75) is 19.6 Å². The Labute approximate surface area is 105 Å². The molecule has 1 fully saturated rings. The van der Waals surface area contributed by atoms with E-state index in [4.69, 9.17) is 4.74 Å². The van der Waals surface area contributed by atoms with Crippen molar-refractivity contribution < 1.29 is 14.3 Å². The van der Waals surface area contributed by atoms with Gasteiger partial charge in [-0.25, -0.2) is 0 Å². The van der Waals surface area contributed by atoms with Crippen LogP contribution in [0, 0.1) is 15.3 Å². The molecule has 1 aromatic rings. The number of nitro benzene ring substituents is 1. The van der Waals surface area contributed by atoms with E-state index in [0.717, 1.165) is 6.42 Å². The van der Waals surface area contributed by atoms with Crippen molar-refractivity contribution in [3.05, 3.63) is 45.2 Å². The monoisotopic (exact) mass is 252 g/mol. The van der Waals surface area contributed by atoms with Gasteiger partial charge < -0.3 is 14.6 Å². The second-order valence-corrected chi connectivity index (χ2v) is 4.42. The number of non-ortho nitro benzene ring substituents is 1. The van der Waals surface area contributed by atoms with Crippen LogP contribution in [0.4, 0.5) is 5.69 Å². The first-order valence-corrected chi connectivity index (χ1v) is 6.00. The SMILES string of the molecule is CC[N+]1([O-])CCCOC1c1ccc([N+](=O)[O-])cc1. The van der Waals surface area contributed by atoms with Gasteiger partial charge in [-0.2, -0.15) is 0 Å². The Kier molecular flexibility index (Phi) is 3.60. The Hall–Kier alpha value is -1.50. The van der Waals surface area contributed by atoms with E-state index in [1.165, 1.54) is 12.1 Å². The number of benzene rings is 1. The Bertz CT molecular complexity index is 434. The van der Waals surface area contributed by atoms with E-state index >= 15 is 0 Å². The molecule has 2 atom stereocenters. The number of nitrogens with zero attached hydrogens (tertiary/aromatic N) is 2. The maximum atomic E-state index is 12.5. The van der Waals surface area contributed by atoms with Crippen LogP contribution in [-0.4, -0.2) is 29.3 Å². The van der Waals surface area contributed by atoms with Gasteiger partial charge in [-0.3, -0.25) is 10.1 Å². The first kappa shape index (κ1) is 12.9. The minimum atomic E-state index is -0.565. The molecule has 1 aliphatic rings. The lowest BCUT2D eigenvalue weighted by molar-refractivity contribution is -0.941. The highest BCUT2D eigenvalue weighted by Gasteiger charge is 2.33. The molecule has 98 valence electrons. The van der Waals surface area contributed by atoms with Gasteiger partial charge in [-0.15, -0.1) is 0 Å². The van der Waals surface area contributed by atoms with Crippen LogP contribution in [0.3, 0.4) is 0 Å². The van der Waals surface area contributed by atoms with Crippen LogP contribution in [0.25, 0.3) is 0 Å². The fourth-order valence-corrected chi connectivity index (χ4v) is 2.23. The fraction of sp³-hybridized carbons (Fsp3) is 0.500. The maximum Gasteiger partial charge on any atom is 0.269 e. The van der Waals surface area contributed by atoms with Crippen molar-refractivity contribution in [1.82, 2.24) is 0 Å². The number of quaternary nitrogens is 1. The van der Waals surface area contributed by atoms with Crippen molar-refractivity contribution >= 4 is 5.69 Å². The van der Waals surface area contributed by atoms with Crippen molar-refractivity contribution in [1.29, 1.82) is 0 Å². The molecular weight excluding hydrogens is 236 g/mol. The Morgan fingerprint density at radius 1 is 1.44 bits per heavy atom. The molecule has 2 rings (SSSR count). The predicted molar refractivity (Wildman–Crippen MR) is 65.4 cm³/mol. The van der Waals surface area contributed by atoms with Gasteiger partial charge in [0.1, 0.15) is 0 Å². The molecule has 0 radical (unpaired) electrons. The topological polar surface area (TPSA) is 75.4 Å². The standard InChI is InChI=1S/C12H16N2O4/c1-2-14(17)8-3-9-18-12(14)10-4-6-11(7-5-10)13(15)16/h4-7,12H,2-3,8-9H2,1H3. The molecule has 0 spiro atoms. The van der Waals surface area contributed by atoms with Crippen molar-refractivity contribution in [2.24, 2.45) is 0 Å². The highest BCUT2D eigenvalue weighted by atomic mass is 16.6. The van der Waals surface area contributed by atoms with Gasteiger partial charge in [-0.05, 0) is 19.1 Å². The van der Waals surface area contributed by atoms with Crippen LogP contribution in [0.2, 0.25) is 0 Å². The average Bonchev–Trinajstić information content (AvgIpc) is 2.39. The first-order valence-electron chi connectivity index (χ1n) is 6.00. The van der Waals surface area contributed by atoms with Crippen LogP contribution in [-0.2, 0) is 4.74 Å². The van der Waals surface area contributed by atoms with Crippen molar-refractivity contribution in [2.75, 3.05) is 19.7 Å². The summed E-state index contributed by atoms with van der Waals surface area (Å²) in [5, 5.41) is 23.1. The van der Waals surface area contributed by atoms with Gasteiger partial charge in [0.25, 0.3) is 5.69 Å². The normalized spacial score (nSPS) is 28.0. The molecule has 1 aliphatic heterocycles. The van der Waals surface area contributed by atoms with Gasteiger partial charge in [-0.1, -0.05) is 0 Å². The van der Waals surface area contributed by atoms with Crippen LogP contribution in [0.5, 0.6) is 0 Å². The van der Waals surface area contributed by atoms with E-state index in [1.807, 2.05) is 6.92 Å². The summed E-state index contributed by atoms with van der Waals surface area (Å²) >= 11 is 0. The fourth-order valence-electron chi connectivity index (χ4n) is 2.23. The van der Waals surface area contributed by atoms with Crippen LogP contribution >= 0.6 is 0 Å². The van der Waals surface area contributed by atoms with Crippen LogP contribution in [0.15, 0.2) is 24.3 Å². The predicted octanol–water partition coefficient (Wildman–Crippen LogP) is 2.35. The molecule has 0 aliphatic carbocycles. The van der Waals surface area contributed by atoms with Gasteiger partial charge in [0.15, 0.2) is 0 Å². The van der Waals surface area contributed by atoms with E-state index in [1.54, 1.807) is 12.1 Å². The third-order valence-electron chi connectivity index (χ3n) is 3.31. The minimum Gasteiger partial charge on any atom is -0.631 e. The lowest BCUT2D eigenvalue weighted by atomic mass is 10.1. The second kappa shape index (κ2) is 5.01. The first-order chi connectivity index (χ1) is 8.57. The van der Waals surface area contributed by atoms with Gasteiger partial charge in [0.05, 0.1) is 24.6 Å². The Balaban J connectivity index is 2.26. The zero-order valence-corrected chi connectivity index (χ0v) is 10.2. The number of ether oxygens (including phenoxy) is 1.